The van der Waals surface area contributed by atoms with Gasteiger partial charge in [0.15, 0.2) is 6.79 Å². The molecule has 0 aliphatic heterocycles. The second kappa shape index (κ2) is 4.36. The van der Waals surface area contributed by atoms with Crippen molar-refractivity contribution in [2.24, 2.45) is 16.7 Å². The first kappa shape index (κ1) is 13.5. The second-order valence-corrected chi connectivity index (χ2v) is 5.99. The van der Waals surface area contributed by atoms with Crippen LogP contribution in [0.2, 0.25) is 0 Å². The lowest BCUT2D eigenvalue weighted by atomic mass is 9.67. The van der Waals surface area contributed by atoms with Crippen molar-refractivity contribution in [3.8, 4) is 0 Å². The molecule has 2 atom stereocenters. The summed E-state index contributed by atoms with van der Waals surface area (Å²) in [4.78, 5) is 10.7. The van der Waals surface area contributed by atoms with Crippen LogP contribution in [0.5, 0.6) is 0 Å². The van der Waals surface area contributed by atoms with Crippen LogP contribution in [0.1, 0.15) is 48.0 Å². The Labute approximate surface area is 98.5 Å². The van der Waals surface area contributed by atoms with Crippen molar-refractivity contribution in [1.29, 1.82) is 0 Å². The van der Waals surface area contributed by atoms with E-state index in [4.69, 9.17) is 9.47 Å². The van der Waals surface area contributed by atoms with Gasteiger partial charge in [-0.25, -0.2) is 0 Å². The van der Waals surface area contributed by atoms with Crippen LogP contribution in [0.4, 0.5) is 0 Å². The average molecular weight is 228 g/mol. The first-order valence-electron chi connectivity index (χ1n) is 5.94. The molecule has 1 fully saturated rings. The highest BCUT2D eigenvalue weighted by atomic mass is 16.7. The Morgan fingerprint density at radius 3 is 2.19 bits per heavy atom. The fourth-order valence-electron chi connectivity index (χ4n) is 2.44. The van der Waals surface area contributed by atoms with Gasteiger partial charge < -0.3 is 9.47 Å². The van der Waals surface area contributed by atoms with E-state index in [2.05, 4.69) is 34.6 Å². The summed E-state index contributed by atoms with van der Waals surface area (Å²) >= 11 is 0. The average Bonchev–Trinajstić information content (AvgIpc) is 2.27. The molecule has 0 aromatic rings. The van der Waals surface area contributed by atoms with Gasteiger partial charge in [-0.05, 0) is 23.2 Å². The van der Waals surface area contributed by atoms with Crippen molar-refractivity contribution in [2.75, 3.05) is 6.79 Å². The molecule has 0 N–H and O–H groups in total. The summed E-state index contributed by atoms with van der Waals surface area (Å²) in [7, 11) is 0. The molecule has 1 aliphatic rings. The summed E-state index contributed by atoms with van der Waals surface area (Å²) in [6, 6.07) is 0. The summed E-state index contributed by atoms with van der Waals surface area (Å²) in [5.74, 6) is 0.327. The van der Waals surface area contributed by atoms with Crippen molar-refractivity contribution in [3.05, 3.63) is 0 Å². The summed E-state index contributed by atoms with van der Waals surface area (Å²) in [5.41, 5.74) is 0.348. The molecule has 0 saturated heterocycles. The number of hydrogen-bond donors (Lipinski definition) is 0. The molecular weight excluding hydrogens is 204 g/mol. The van der Waals surface area contributed by atoms with Crippen LogP contribution < -0.4 is 0 Å². The van der Waals surface area contributed by atoms with Crippen LogP contribution in [0.3, 0.4) is 0 Å². The summed E-state index contributed by atoms with van der Waals surface area (Å²) in [6.07, 6.45) is 1.19. The van der Waals surface area contributed by atoms with Gasteiger partial charge >= 0.3 is 5.97 Å². The molecule has 3 nitrogen and oxygen atoms in total. The highest BCUT2D eigenvalue weighted by Gasteiger charge is 2.53. The van der Waals surface area contributed by atoms with Crippen molar-refractivity contribution >= 4 is 5.97 Å². The highest BCUT2D eigenvalue weighted by Crippen LogP contribution is 2.56. The molecule has 0 radical (unpaired) electrons. The third-order valence-corrected chi connectivity index (χ3v) is 4.80. The number of rotatable bonds is 3. The van der Waals surface area contributed by atoms with Crippen LogP contribution in [-0.2, 0) is 14.3 Å². The van der Waals surface area contributed by atoms with Crippen molar-refractivity contribution in [3.63, 3.8) is 0 Å². The lowest BCUT2D eigenvalue weighted by Gasteiger charge is -2.40. The second-order valence-electron chi connectivity index (χ2n) is 5.99. The molecule has 0 aromatic carbocycles. The molecule has 1 saturated carbocycles. The molecule has 94 valence electrons. The maximum absolute atomic E-state index is 10.7. The highest BCUT2D eigenvalue weighted by molar-refractivity contribution is 5.65. The Kier molecular flexibility index (Phi) is 3.68. The van der Waals surface area contributed by atoms with Gasteiger partial charge in [0, 0.05) is 6.92 Å². The summed E-state index contributed by atoms with van der Waals surface area (Å²) in [6.45, 7) is 12.8. The zero-order valence-electron chi connectivity index (χ0n) is 11.3. The van der Waals surface area contributed by atoms with E-state index in [9.17, 15) is 4.79 Å². The van der Waals surface area contributed by atoms with Gasteiger partial charge in [-0.15, -0.1) is 0 Å². The molecule has 0 spiro atoms. The monoisotopic (exact) mass is 228 g/mol. The van der Waals surface area contributed by atoms with E-state index < -0.39 is 0 Å². The largest absolute Gasteiger partial charge is 0.439 e. The number of carbonyl (C=O) groups is 1. The zero-order chi connectivity index (χ0) is 12.6. The van der Waals surface area contributed by atoms with E-state index >= 15 is 0 Å². The standard InChI is InChI=1S/C13H24O3/c1-9-7-11(16-8-15-10(2)14)13(5,6)12(9,3)4/h9,11H,7-8H2,1-6H3. The van der Waals surface area contributed by atoms with Crippen LogP contribution in [0.15, 0.2) is 0 Å². The van der Waals surface area contributed by atoms with Gasteiger partial charge in [0.1, 0.15) is 0 Å². The van der Waals surface area contributed by atoms with Gasteiger partial charge in [-0.3, -0.25) is 4.79 Å². The Morgan fingerprint density at radius 2 is 1.81 bits per heavy atom. The first-order valence-corrected chi connectivity index (χ1v) is 5.94. The molecule has 1 aliphatic carbocycles. The lowest BCUT2D eigenvalue weighted by Crippen LogP contribution is -2.38. The normalized spacial score (nSPS) is 31.4. The van der Waals surface area contributed by atoms with Crippen LogP contribution in [0.25, 0.3) is 0 Å². The van der Waals surface area contributed by atoms with E-state index in [1.54, 1.807) is 0 Å². The molecule has 0 bridgehead atoms. The number of ether oxygens (including phenoxy) is 2. The van der Waals surface area contributed by atoms with Crippen molar-refractivity contribution in [2.45, 2.75) is 54.1 Å². The Hall–Kier alpha value is -0.570. The van der Waals surface area contributed by atoms with Gasteiger partial charge in [-0.1, -0.05) is 34.6 Å². The van der Waals surface area contributed by atoms with Gasteiger partial charge in [0.05, 0.1) is 6.10 Å². The fourth-order valence-corrected chi connectivity index (χ4v) is 2.44. The molecule has 0 heterocycles. The smallest absolute Gasteiger partial charge is 0.304 e. The van der Waals surface area contributed by atoms with Crippen LogP contribution in [-0.4, -0.2) is 18.9 Å². The minimum absolute atomic E-state index is 0.0756. The predicted molar refractivity (Wildman–Crippen MR) is 62.8 cm³/mol. The first-order chi connectivity index (χ1) is 7.19. The molecule has 1 rings (SSSR count). The maximum Gasteiger partial charge on any atom is 0.304 e. The predicted octanol–water partition coefficient (Wildman–Crippen LogP) is 2.98. The van der Waals surface area contributed by atoms with Gasteiger partial charge in [0.25, 0.3) is 0 Å². The van der Waals surface area contributed by atoms with Crippen LogP contribution in [0, 0.1) is 16.7 Å². The fraction of sp³-hybridized carbons (Fsp3) is 0.923. The third-order valence-electron chi connectivity index (χ3n) is 4.80. The number of esters is 1. The molecular formula is C13H24O3. The molecule has 0 aromatic heterocycles. The number of carbonyl (C=O) groups excluding carboxylic acids is 1. The SMILES string of the molecule is CC(=O)OCOC1CC(C)C(C)(C)C1(C)C. The topological polar surface area (TPSA) is 35.5 Å². The molecule has 16 heavy (non-hydrogen) atoms. The summed E-state index contributed by atoms with van der Waals surface area (Å²) in [5, 5.41) is 0. The maximum atomic E-state index is 10.7. The Bertz CT molecular complexity index is 268. The van der Waals surface area contributed by atoms with E-state index in [-0.39, 0.29) is 29.7 Å². The van der Waals surface area contributed by atoms with E-state index in [1.807, 2.05) is 0 Å². The Balaban J connectivity index is 2.60. The van der Waals surface area contributed by atoms with Crippen molar-refractivity contribution in [1.82, 2.24) is 0 Å². The number of hydrogen-bond acceptors (Lipinski definition) is 3. The third kappa shape index (κ3) is 2.24. The molecule has 3 heteroatoms. The molecule has 2 unspecified atom stereocenters. The van der Waals surface area contributed by atoms with E-state index in [1.165, 1.54) is 6.92 Å². The van der Waals surface area contributed by atoms with Crippen molar-refractivity contribution < 1.29 is 14.3 Å². The minimum atomic E-state index is -0.289. The summed E-state index contributed by atoms with van der Waals surface area (Å²) < 4.78 is 10.5. The van der Waals surface area contributed by atoms with E-state index in [0.717, 1.165) is 6.42 Å². The van der Waals surface area contributed by atoms with Crippen LogP contribution >= 0.6 is 0 Å². The minimum Gasteiger partial charge on any atom is -0.439 e. The Morgan fingerprint density at radius 1 is 1.25 bits per heavy atom. The molecule has 0 amide bonds. The van der Waals surface area contributed by atoms with E-state index in [0.29, 0.717) is 5.92 Å². The zero-order valence-corrected chi connectivity index (χ0v) is 11.3. The quantitative estimate of drug-likeness (QED) is 0.550. The van der Waals surface area contributed by atoms with Gasteiger partial charge in [0.2, 0.25) is 0 Å². The lowest BCUT2D eigenvalue weighted by molar-refractivity contribution is -0.165. The van der Waals surface area contributed by atoms with Gasteiger partial charge in [-0.2, -0.15) is 0 Å².